The number of hydrogen-bond donors (Lipinski definition) is 1. The van der Waals surface area contributed by atoms with Gasteiger partial charge in [-0.15, -0.1) is 0 Å². The molecule has 1 N–H and O–H groups in total. The number of alkyl halides is 3. The van der Waals surface area contributed by atoms with E-state index in [4.69, 9.17) is 9.15 Å². The van der Waals surface area contributed by atoms with Crippen LogP contribution < -0.4 is 14.4 Å². The molecule has 0 radical (unpaired) electrons. The van der Waals surface area contributed by atoms with Crippen molar-refractivity contribution in [2.75, 3.05) is 25.6 Å². The summed E-state index contributed by atoms with van der Waals surface area (Å²) in [5.41, 5.74) is -1.05. The highest BCUT2D eigenvalue weighted by Crippen LogP contribution is 2.39. The van der Waals surface area contributed by atoms with Gasteiger partial charge >= 0.3 is 12.1 Å². The highest BCUT2D eigenvalue weighted by Gasteiger charge is 2.35. The minimum atomic E-state index is -4.63. The lowest BCUT2D eigenvalue weighted by molar-refractivity contribution is -0.137. The number of para-hydroxylation sites is 1. The Bertz CT molecular complexity index is 1230. The highest BCUT2D eigenvalue weighted by atomic mass is 32.2. The van der Waals surface area contributed by atoms with Crippen molar-refractivity contribution in [2.24, 2.45) is 0 Å². The van der Waals surface area contributed by atoms with Gasteiger partial charge in [0.1, 0.15) is 16.2 Å². The van der Waals surface area contributed by atoms with E-state index in [1.807, 2.05) is 4.72 Å². The first kappa shape index (κ1) is 22.5. The van der Waals surface area contributed by atoms with E-state index in [1.54, 1.807) is 13.0 Å². The van der Waals surface area contributed by atoms with Crippen LogP contribution in [0.5, 0.6) is 5.75 Å². The molecule has 0 aliphatic rings. The molecule has 11 heteroatoms. The quantitative estimate of drug-likeness (QED) is 0.603. The molecule has 0 saturated heterocycles. The van der Waals surface area contributed by atoms with Gasteiger partial charge in [-0.2, -0.15) is 13.2 Å². The molecule has 166 valence electrons. The van der Waals surface area contributed by atoms with Gasteiger partial charge in [0.05, 0.1) is 17.9 Å². The number of halogens is 3. The van der Waals surface area contributed by atoms with Crippen LogP contribution >= 0.6 is 0 Å². The standard InChI is InChI=1S/C20H19F3N2O5S/c1-4-29-15-7-5-6-8-18(15)31(27,28)24-19(26)17-10-12-9-13(20(21,22)23)14(25(2)3)11-16(12)30-17/h5-11H,4H2,1-3H3,(H,24,26). The maximum Gasteiger partial charge on any atom is 0.418 e. The monoisotopic (exact) mass is 456 g/mol. The largest absolute Gasteiger partial charge is 0.492 e. The average Bonchev–Trinajstić information content (AvgIpc) is 3.10. The topological polar surface area (TPSA) is 88.8 Å². The van der Waals surface area contributed by atoms with Crippen LogP contribution in [-0.4, -0.2) is 35.0 Å². The Kier molecular flexibility index (Phi) is 5.90. The molecule has 0 atom stereocenters. The number of hydrogen-bond acceptors (Lipinski definition) is 6. The number of carbonyl (C=O) groups excluding carboxylic acids is 1. The summed E-state index contributed by atoms with van der Waals surface area (Å²) in [5.74, 6) is -1.51. The molecule has 3 rings (SSSR count). The Hall–Kier alpha value is -3.21. The van der Waals surface area contributed by atoms with E-state index in [0.29, 0.717) is 0 Å². The second-order valence-electron chi connectivity index (χ2n) is 6.72. The zero-order chi connectivity index (χ0) is 23.0. The van der Waals surface area contributed by atoms with Gasteiger partial charge in [0.2, 0.25) is 0 Å². The van der Waals surface area contributed by atoms with Gasteiger partial charge in [0, 0.05) is 25.5 Å². The number of nitrogens with one attached hydrogen (secondary N) is 1. The molecular formula is C20H19F3N2O5S. The SMILES string of the molecule is CCOc1ccccc1S(=O)(=O)NC(=O)c1cc2cc(C(F)(F)F)c(N(C)C)cc2o1. The molecule has 0 spiro atoms. The molecule has 1 heterocycles. The van der Waals surface area contributed by atoms with E-state index in [-0.39, 0.29) is 33.9 Å². The number of carbonyl (C=O) groups is 1. The molecule has 0 aliphatic heterocycles. The van der Waals surface area contributed by atoms with Crippen molar-refractivity contribution in [3.63, 3.8) is 0 Å². The predicted octanol–water partition coefficient (Wildman–Crippen LogP) is 4.04. The summed E-state index contributed by atoms with van der Waals surface area (Å²) in [6.45, 7) is 1.88. The smallest absolute Gasteiger partial charge is 0.418 e. The Labute approximate surface area is 176 Å². The summed E-state index contributed by atoms with van der Waals surface area (Å²) in [5, 5.41) is 0.00943. The normalized spacial score (nSPS) is 12.1. The summed E-state index contributed by atoms with van der Waals surface area (Å²) in [6.07, 6.45) is -4.63. The minimum Gasteiger partial charge on any atom is -0.492 e. The van der Waals surface area contributed by atoms with Crippen LogP contribution in [0.25, 0.3) is 11.0 Å². The molecule has 1 amide bonds. The predicted molar refractivity (Wildman–Crippen MR) is 108 cm³/mol. The van der Waals surface area contributed by atoms with Gasteiger partial charge in [0.25, 0.3) is 10.0 Å². The van der Waals surface area contributed by atoms with Gasteiger partial charge < -0.3 is 14.1 Å². The number of furan rings is 1. The lowest BCUT2D eigenvalue weighted by Crippen LogP contribution is -2.30. The molecule has 0 saturated carbocycles. The van der Waals surface area contributed by atoms with E-state index < -0.39 is 33.4 Å². The van der Waals surface area contributed by atoms with E-state index in [0.717, 1.165) is 18.2 Å². The Morgan fingerprint density at radius 2 is 1.84 bits per heavy atom. The third-order valence-corrected chi connectivity index (χ3v) is 5.68. The first-order valence-corrected chi connectivity index (χ1v) is 10.5. The number of fused-ring (bicyclic) bond motifs is 1. The summed E-state index contributed by atoms with van der Waals surface area (Å²) in [7, 11) is -1.44. The fraction of sp³-hybridized carbons (Fsp3) is 0.250. The number of sulfonamides is 1. The van der Waals surface area contributed by atoms with Crippen molar-refractivity contribution in [2.45, 2.75) is 18.0 Å². The molecule has 0 bridgehead atoms. The summed E-state index contributed by atoms with van der Waals surface area (Å²) in [6, 6.07) is 8.79. The summed E-state index contributed by atoms with van der Waals surface area (Å²) >= 11 is 0. The lowest BCUT2D eigenvalue weighted by Gasteiger charge is -2.19. The van der Waals surface area contributed by atoms with Gasteiger partial charge in [0.15, 0.2) is 5.76 Å². The second-order valence-corrected chi connectivity index (χ2v) is 8.38. The van der Waals surface area contributed by atoms with E-state index in [2.05, 4.69) is 0 Å². The number of anilines is 1. The molecule has 1 aromatic heterocycles. The van der Waals surface area contributed by atoms with Crippen LogP contribution in [0.2, 0.25) is 0 Å². The number of benzene rings is 2. The van der Waals surface area contributed by atoms with E-state index >= 15 is 0 Å². The maximum absolute atomic E-state index is 13.4. The van der Waals surface area contributed by atoms with Crippen molar-refractivity contribution in [1.29, 1.82) is 0 Å². The van der Waals surface area contributed by atoms with Gasteiger partial charge in [-0.3, -0.25) is 4.79 Å². The number of nitrogens with zero attached hydrogens (tertiary/aromatic N) is 1. The van der Waals surface area contributed by atoms with Crippen molar-refractivity contribution in [3.05, 3.63) is 53.8 Å². The van der Waals surface area contributed by atoms with E-state index in [1.165, 1.54) is 37.2 Å². The maximum atomic E-state index is 13.4. The van der Waals surface area contributed by atoms with Crippen LogP contribution in [0.3, 0.4) is 0 Å². The number of ether oxygens (including phenoxy) is 1. The van der Waals surface area contributed by atoms with Crippen molar-refractivity contribution >= 4 is 32.6 Å². The molecule has 7 nitrogen and oxygen atoms in total. The average molecular weight is 456 g/mol. The first-order valence-electron chi connectivity index (χ1n) is 9.05. The summed E-state index contributed by atoms with van der Waals surface area (Å²) in [4.78, 5) is 13.5. The van der Waals surface area contributed by atoms with Crippen molar-refractivity contribution < 1.29 is 35.5 Å². The Morgan fingerprint density at radius 1 is 1.16 bits per heavy atom. The van der Waals surface area contributed by atoms with Gasteiger partial charge in [-0.25, -0.2) is 13.1 Å². The lowest BCUT2D eigenvalue weighted by atomic mass is 10.1. The highest BCUT2D eigenvalue weighted by molar-refractivity contribution is 7.90. The van der Waals surface area contributed by atoms with Gasteiger partial charge in [-0.1, -0.05) is 12.1 Å². The molecule has 3 aromatic rings. The molecular weight excluding hydrogens is 437 g/mol. The Morgan fingerprint density at radius 3 is 2.45 bits per heavy atom. The first-order chi connectivity index (χ1) is 14.4. The molecule has 0 unspecified atom stereocenters. The fourth-order valence-corrected chi connectivity index (χ4v) is 4.06. The molecule has 2 aromatic carbocycles. The van der Waals surface area contributed by atoms with Crippen LogP contribution in [0.4, 0.5) is 18.9 Å². The van der Waals surface area contributed by atoms with Crippen LogP contribution in [0.15, 0.2) is 51.8 Å². The third-order valence-electron chi connectivity index (χ3n) is 4.31. The van der Waals surface area contributed by atoms with Crippen LogP contribution in [0, 0.1) is 0 Å². The summed E-state index contributed by atoms with van der Waals surface area (Å²) < 4.78 is 77.9. The molecule has 0 aliphatic carbocycles. The zero-order valence-corrected chi connectivity index (χ0v) is 17.6. The van der Waals surface area contributed by atoms with E-state index in [9.17, 15) is 26.4 Å². The number of amides is 1. The fourth-order valence-electron chi connectivity index (χ4n) is 2.96. The molecule has 31 heavy (non-hydrogen) atoms. The van der Waals surface area contributed by atoms with Crippen molar-refractivity contribution in [3.8, 4) is 5.75 Å². The van der Waals surface area contributed by atoms with Crippen LogP contribution in [-0.2, 0) is 16.2 Å². The van der Waals surface area contributed by atoms with Gasteiger partial charge in [-0.05, 0) is 31.2 Å². The Balaban J connectivity index is 1.98. The number of rotatable bonds is 6. The van der Waals surface area contributed by atoms with Crippen molar-refractivity contribution in [1.82, 2.24) is 4.72 Å². The second kappa shape index (κ2) is 8.14. The third kappa shape index (κ3) is 4.61. The molecule has 0 fully saturated rings. The zero-order valence-electron chi connectivity index (χ0n) is 16.8. The minimum absolute atomic E-state index is 0.00830. The van der Waals surface area contributed by atoms with Crippen LogP contribution in [0.1, 0.15) is 23.0 Å².